The number of aryl methyl sites for hydroxylation is 1. The van der Waals surface area contributed by atoms with Gasteiger partial charge in [0.2, 0.25) is 5.91 Å². The van der Waals surface area contributed by atoms with Crippen LogP contribution in [0.5, 0.6) is 5.75 Å². The average molecular weight is 577 g/mol. The molecule has 2 aromatic heterocycles. The van der Waals surface area contributed by atoms with E-state index in [1.54, 1.807) is 22.8 Å². The lowest BCUT2D eigenvalue weighted by Crippen LogP contribution is -2.50. The molecule has 2 fully saturated rings. The number of anilines is 3. The van der Waals surface area contributed by atoms with Crippen molar-refractivity contribution in [3.05, 3.63) is 41.7 Å². The first-order chi connectivity index (χ1) is 20.0. The highest BCUT2D eigenvalue weighted by Crippen LogP contribution is 2.40. The number of hydrogen-bond acceptors (Lipinski definition) is 9. The molecule has 5 rings (SSSR count). The van der Waals surface area contributed by atoms with Gasteiger partial charge in [-0.15, -0.1) is 10.2 Å². The lowest BCUT2D eigenvalue weighted by Gasteiger charge is -2.38. The minimum atomic E-state index is -0.546. The van der Waals surface area contributed by atoms with Crippen LogP contribution < -0.4 is 20.7 Å². The van der Waals surface area contributed by atoms with Crippen LogP contribution in [0, 0.1) is 5.92 Å². The zero-order chi connectivity index (χ0) is 30.2. The number of likely N-dealkylation sites (tertiary alicyclic amines) is 1. The lowest BCUT2D eigenvalue weighted by molar-refractivity contribution is -0.117. The summed E-state index contributed by atoms with van der Waals surface area (Å²) in [5.74, 6) is 0.302. The second kappa shape index (κ2) is 11.3. The summed E-state index contributed by atoms with van der Waals surface area (Å²) in [7, 11) is 4.93. The standard InChI is InChI=1S/C29H36N8O5/c1-29(2,3)42-28(40)37-14-17(15-37)20-12-22(36(5)35-20)18-8-7-9-19(25(18)41-6)31-21-13-23(32-26(38)16-10-11-16)33-34-24(21)27(39)30-4/h7-9,12-13,16-17H,10-11,14-15H2,1-6H3,(H,30,39)(H2,31,32,33,38). The number of ether oxygens (including phenoxy) is 2. The first-order valence-electron chi connectivity index (χ1n) is 13.8. The van der Waals surface area contributed by atoms with Crippen LogP contribution >= 0.6 is 0 Å². The molecule has 2 aliphatic rings. The molecule has 42 heavy (non-hydrogen) atoms. The third-order valence-corrected chi connectivity index (χ3v) is 7.05. The number of nitrogens with zero attached hydrogens (tertiary/aromatic N) is 5. The summed E-state index contributed by atoms with van der Waals surface area (Å²) in [6.45, 7) is 6.60. The molecule has 3 heterocycles. The summed E-state index contributed by atoms with van der Waals surface area (Å²) in [4.78, 5) is 38.9. The molecule has 0 bridgehead atoms. The number of aromatic nitrogens is 4. The van der Waals surface area contributed by atoms with Crippen molar-refractivity contribution in [1.82, 2.24) is 30.2 Å². The van der Waals surface area contributed by atoms with E-state index in [0.717, 1.165) is 29.8 Å². The molecule has 3 aromatic rings. The SMILES string of the molecule is CNC(=O)c1nnc(NC(=O)C2CC2)cc1Nc1cccc(-c2cc(C3CN(C(=O)OC(C)(C)C)C3)nn2C)c1OC. The van der Waals surface area contributed by atoms with Crippen LogP contribution in [0.15, 0.2) is 30.3 Å². The van der Waals surface area contributed by atoms with Gasteiger partial charge in [-0.1, -0.05) is 6.07 Å². The van der Waals surface area contributed by atoms with E-state index in [1.807, 2.05) is 52.1 Å². The minimum Gasteiger partial charge on any atom is -0.494 e. The molecule has 1 saturated carbocycles. The van der Waals surface area contributed by atoms with Crippen LogP contribution in [0.4, 0.5) is 22.0 Å². The molecular weight excluding hydrogens is 540 g/mol. The maximum Gasteiger partial charge on any atom is 0.410 e. The van der Waals surface area contributed by atoms with E-state index in [9.17, 15) is 14.4 Å². The molecule has 1 saturated heterocycles. The van der Waals surface area contributed by atoms with E-state index in [1.165, 1.54) is 7.05 Å². The number of nitrogens with one attached hydrogen (secondary N) is 3. The topological polar surface area (TPSA) is 153 Å². The molecule has 13 nitrogen and oxygen atoms in total. The molecule has 1 aromatic carbocycles. The molecule has 0 radical (unpaired) electrons. The number of amides is 3. The molecule has 0 unspecified atom stereocenters. The van der Waals surface area contributed by atoms with E-state index in [0.29, 0.717) is 30.2 Å². The van der Waals surface area contributed by atoms with Gasteiger partial charge in [0.1, 0.15) is 5.60 Å². The normalized spacial score (nSPS) is 15.0. The molecule has 1 aliphatic heterocycles. The van der Waals surface area contributed by atoms with Gasteiger partial charge in [-0.05, 0) is 51.8 Å². The van der Waals surface area contributed by atoms with Crippen molar-refractivity contribution in [3.8, 4) is 17.0 Å². The largest absolute Gasteiger partial charge is 0.494 e. The van der Waals surface area contributed by atoms with Gasteiger partial charge >= 0.3 is 6.09 Å². The van der Waals surface area contributed by atoms with Crippen molar-refractivity contribution in [2.45, 2.75) is 45.1 Å². The Morgan fingerprint density at radius 2 is 1.79 bits per heavy atom. The average Bonchev–Trinajstić information content (AvgIpc) is 3.69. The fraction of sp³-hybridized carbons (Fsp3) is 0.448. The van der Waals surface area contributed by atoms with Gasteiger partial charge < -0.3 is 30.3 Å². The third kappa shape index (κ3) is 6.14. The van der Waals surface area contributed by atoms with E-state index in [-0.39, 0.29) is 35.3 Å². The molecule has 13 heteroatoms. The van der Waals surface area contributed by atoms with E-state index < -0.39 is 11.5 Å². The number of methoxy groups -OCH3 is 1. The van der Waals surface area contributed by atoms with Gasteiger partial charge in [-0.3, -0.25) is 14.3 Å². The van der Waals surface area contributed by atoms with Gasteiger partial charge in [0.15, 0.2) is 17.3 Å². The molecule has 0 spiro atoms. The minimum absolute atomic E-state index is 0.0114. The molecule has 1 aliphatic carbocycles. The molecular formula is C29H36N8O5. The third-order valence-electron chi connectivity index (χ3n) is 7.05. The zero-order valence-corrected chi connectivity index (χ0v) is 24.6. The molecule has 0 atom stereocenters. The highest BCUT2D eigenvalue weighted by molar-refractivity contribution is 6.00. The summed E-state index contributed by atoms with van der Waals surface area (Å²) in [6, 6.07) is 9.18. The Morgan fingerprint density at radius 3 is 2.43 bits per heavy atom. The lowest BCUT2D eigenvalue weighted by atomic mass is 9.96. The van der Waals surface area contributed by atoms with Crippen LogP contribution in [0.3, 0.4) is 0 Å². The number of rotatable bonds is 8. The van der Waals surface area contributed by atoms with Crippen LogP contribution in [-0.4, -0.2) is 75.6 Å². The Bertz CT molecular complexity index is 1520. The molecule has 222 valence electrons. The van der Waals surface area contributed by atoms with Gasteiger partial charge in [-0.25, -0.2) is 4.79 Å². The Labute approximate surface area is 244 Å². The first kappa shape index (κ1) is 28.8. The van der Waals surface area contributed by atoms with Crippen molar-refractivity contribution in [2.75, 3.05) is 37.9 Å². The molecule has 3 N–H and O–H groups in total. The summed E-state index contributed by atoms with van der Waals surface area (Å²) < 4.78 is 13.1. The summed E-state index contributed by atoms with van der Waals surface area (Å²) >= 11 is 0. The van der Waals surface area contributed by atoms with Crippen LogP contribution in [0.2, 0.25) is 0 Å². The predicted molar refractivity (Wildman–Crippen MR) is 156 cm³/mol. The second-order valence-electron chi connectivity index (χ2n) is 11.5. The smallest absolute Gasteiger partial charge is 0.410 e. The first-order valence-corrected chi connectivity index (χ1v) is 13.8. The summed E-state index contributed by atoms with van der Waals surface area (Å²) in [5, 5.41) is 21.4. The van der Waals surface area contributed by atoms with Crippen molar-refractivity contribution in [1.29, 1.82) is 0 Å². The fourth-order valence-corrected chi connectivity index (χ4v) is 4.69. The number of benzene rings is 1. The Morgan fingerprint density at radius 1 is 1.05 bits per heavy atom. The van der Waals surface area contributed by atoms with Gasteiger partial charge in [0.05, 0.1) is 29.9 Å². The van der Waals surface area contributed by atoms with Crippen molar-refractivity contribution in [2.24, 2.45) is 13.0 Å². The Kier molecular flexibility index (Phi) is 7.76. The monoisotopic (exact) mass is 576 g/mol. The van der Waals surface area contributed by atoms with E-state index in [2.05, 4.69) is 26.1 Å². The Hall–Kier alpha value is -4.68. The quantitative estimate of drug-likeness (QED) is 0.365. The van der Waals surface area contributed by atoms with Gasteiger partial charge in [0.25, 0.3) is 5.91 Å². The Balaban J connectivity index is 1.39. The summed E-state index contributed by atoms with van der Waals surface area (Å²) in [6.07, 6.45) is 1.37. The van der Waals surface area contributed by atoms with E-state index >= 15 is 0 Å². The van der Waals surface area contributed by atoms with Crippen LogP contribution in [0.25, 0.3) is 11.3 Å². The number of para-hydroxylation sites is 1. The highest BCUT2D eigenvalue weighted by atomic mass is 16.6. The summed E-state index contributed by atoms with van der Waals surface area (Å²) in [5.41, 5.74) is 2.91. The van der Waals surface area contributed by atoms with Crippen molar-refractivity contribution < 1.29 is 23.9 Å². The zero-order valence-electron chi connectivity index (χ0n) is 24.6. The number of carbonyl (C=O) groups is 3. The predicted octanol–water partition coefficient (Wildman–Crippen LogP) is 3.67. The maximum atomic E-state index is 12.6. The van der Waals surface area contributed by atoms with Crippen molar-refractivity contribution >= 4 is 35.1 Å². The van der Waals surface area contributed by atoms with E-state index in [4.69, 9.17) is 14.6 Å². The number of hydrogen-bond donors (Lipinski definition) is 3. The van der Waals surface area contributed by atoms with Gasteiger partial charge in [-0.2, -0.15) is 5.10 Å². The van der Waals surface area contributed by atoms with Crippen LogP contribution in [-0.2, 0) is 16.6 Å². The highest BCUT2D eigenvalue weighted by Gasteiger charge is 2.36. The molecule has 3 amide bonds. The number of carbonyl (C=O) groups excluding carboxylic acids is 3. The van der Waals surface area contributed by atoms with Gasteiger partial charge in [0, 0.05) is 50.7 Å². The van der Waals surface area contributed by atoms with Crippen LogP contribution in [0.1, 0.15) is 55.7 Å². The maximum absolute atomic E-state index is 12.6. The van der Waals surface area contributed by atoms with Crippen molar-refractivity contribution in [3.63, 3.8) is 0 Å². The second-order valence-corrected chi connectivity index (χ2v) is 11.5. The fourth-order valence-electron chi connectivity index (χ4n) is 4.69.